The zero-order valence-corrected chi connectivity index (χ0v) is 5.55. The van der Waals surface area contributed by atoms with E-state index in [1.165, 1.54) is 0 Å². The normalized spacial score (nSPS) is 32.0. The van der Waals surface area contributed by atoms with E-state index in [2.05, 4.69) is 4.74 Å². The largest absolute Gasteiger partial charge is 0.458 e. The Morgan fingerprint density at radius 1 is 1.00 bits per heavy atom. The van der Waals surface area contributed by atoms with Crippen molar-refractivity contribution in [3.8, 4) is 0 Å². The summed E-state index contributed by atoms with van der Waals surface area (Å²) in [6.07, 6.45) is -10.4. The third-order valence-corrected chi connectivity index (χ3v) is 0.966. The summed E-state index contributed by atoms with van der Waals surface area (Å²) in [5.41, 5.74) is 0. The molecule has 8 heteroatoms. The number of ether oxygens (including phenoxy) is 1. The average Bonchev–Trinajstić information content (AvgIpc) is 2.37. The van der Waals surface area contributed by atoms with Crippen molar-refractivity contribution >= 4 is 0 Å². The van der Waals surface area contributed by atoms with Gasteiger partial charge in [0.15, 0.2) is 0 Å². The van der Waals surface area contributed by atoms with Crippen LogP contribution in [0.4, 0.5) is 30.7 Å². The van der Waals surface area contributed by atoms with Gasteiger partial charge >= 0.3 is 18.1 Å². The van der Waals surface area contributed by atoms with E-state index in [0.29, 0.717) is 7.18 Å². The Morgan fingerprint density at radius 3 is 1.25 bits per heavy atom. The number of hydrogen-bond acceptors (Lipinski definition) is 1. The fraction of sp³-hybridized carbons (Fsp3) is 1.00. The summed E-state index contributed by atoms with van der Waals surface area (Å²) in [4.78, 5) is 0. The maximum absolute atomic E-state index is 11.7. The van der Waals surface area contributed by atoms with Crippen molar-refractivity contribution in [2.75, 3.05) is 7.18 Å². The van der Waals surface area contributed by atoms with Gasteiger partial charge in [-0.3, -0.25) is 9.13 Å². The van der Waals surface area contributed by atoms with Crippen LogP contribution >= 0.6 is 0 Å². The Bertz CT molecular complexity index is 163. The van der Waals surface area contributed by atoms with Crippen molar-refractivity contribution in [3.05, 3.63) is 0 Å². The Kier molecular flexibility index (Phi) is 2.63. The second kappa shape index (κ2) is 2.75. The van der Waals surface area contributed by atoms with E-state index in [1.54, 1.807) is 0 Å². The summed E-state index contributed by atoms with van der Waals surface area (Å²) >= 11 is 0. The molecule has 1 aliphatic heterocycles. The van der Waals surface area contributed by atoms with Crippen molar-refractivity contribution in [2.45, 2.75) is 18.1 Å². The van der Waals surface area contributed by atoms with Gasteiger partial charge in [0, 0.05) is 0 Å². The Labute approximate surface area is 62.1 Å². The Hall–Kier alpha value is -0.530. The molecule has 74 valence electrons. The highest BCUT2D eigenvalue weighted by atomic mass is 19.4. The lowest BCUT2D eigenvalue weighted by Crippen LogP contribution is -2.32. The molecule has 1 nitrogen and oxygen atoms in total. The van der Waals surface area contributed by atoms with E-state index < -0.39 is 18.1 Å². The van der Waals surface area contributed by atoms with E-state index in [4.69, 9.17) is 0 Å². The van der Waals surface area contributed by atoms with Crippen LogP contribution in [-0.2, 0) is 4.74 Å². The van der Waals surface area contributed by atoms with Gasteiger partial charge in [0.2, 0.25) is 0 Å². The molecule has 0 saturated carbocycles. The van der Waals surface area contributed by atoms with Gasteiger partial charge < -0.3 is 0 Å². The van der Waals surface area contributed by atoms with Crippen LogP contribution in [-0.4, -0.2) is 25.3 Å². The lowest BCUT2D eigenvalue weighted by Gasteiger charge is -2.04. The molecule has 0 spiro atoms. The van der Waals surface area contributed by atoms with Crippen LogP contribution in [0.25, 0.3) is 0 Å². The quantitative estimate of drug-likeness (QED) is 0.432. The van der Waals surface area contributed by atoms with E-state index in [0.717, 1.165) is 0 Å². The summed E-state index contributed by atoms with van der Waals surface area (Å²) in [5.74, 6) is -4.75. The summed E-state index contributed by atoms with van der Waals surface area (Å²) < 4.78 is 79.9. The lowest BCUT2D eigenvalue weighted by molar-refractivity contribution is -0.231. The van der Waals surface area contributed by atoms with Gasteiger partial charge in [-0.25, -0.2) is 0 Å². The molecule has 0 aromatic carbocycles. The minimum atomic E-state index is -5.66. The maximum Gasteiger partial charge on any atom is 0.458 e. The second-order valence-electron chi connectivity index (χ2n) is 1.71. The second-order valence-corrected chi connectivity index (χ2v) is 1.71. The summed E-state index contributed by atoms with van der Waals surface area (Å²) in [6.45, 7) is 0. The molecule has 1 atom stereocenters. The summed E-state index contributed by atoms with van der Waals surface area (Å²) in [5, 5.41) is 0. The number of rotatable bonds is 0. The molecular formula is C4H3F7O. The van der Waals surface area contributed by atoms with Gasteiger partial charge in [-0.15, -0.1) is 0 Å². The van der Waals surface area contributed by atoms with Crippen molar-refractivity contribution in [3.63, 3.8) is 0 Å². The van der Waals surface area contributed by atoms with Gasteiger partial charge in [-0.1, -0.05) is 0 Å². The molecule has 1 fully saturated rings. The molecule has 0 aliphatic carbocycles. The molecule has 0 amide bonds. The van der Waals surface area contributed by atoms with E-state index in [-0.39, 0.29) is 0 Å². The van der Waals surface area contributed by atoms with Crippen LogP contribution in [0, 0.1) is 0 Å². The van der Waals surface area contributed by atoms with Crippen LogP contribution in [0.1, 0.15) is 0 Å². The number of epoxide rings is 1. The van der Waals surface area contributed by atoms with Gasteiger partial charge in [0.1, 0.15) is 0 Å². The predicted molar refractivity (Wildman–Crippen MR) is 23.0 cm³/mol. The summed E-state index contributed by atoms with van der Waals surface area (Å²) in [6, 6.07) is 0. The Morgan fingerprint density at radius 2 is 1.25 bits per heavy atom. The predicted octanol–water partition coefficient (Wildman–Crippen LogP) is 2.42. The zero-order chi connectivity index (χ0) is 10.2. The maximum atomic E-state index is 11.7. The van der Waals surface area contributed by atoms with Crippen molar-refractivity contribution in [1.82, 2.24) is 0 Å². The van der Waals surface area contributed by atoms with E-state index >= 15 is 0 Å². The van der Waals surface area contributed by atoms with Crippen LogP contribution < -0.4 is 0 Å². The molecular weight excluding hydrogens is 197 g/mol. The van der Waals surface area contributed by atoms with Crippen LogP contribution in [0.5, 0.6) is 0 Å². The SMILES string of the molecule is CF.FC(F)(F)C1(F)OC1(F)F. The van der Waals surface area contributed by atoms with E-state index in [9.17, 15) is 30.7 Å². The first kappa shape index (κ1) is 11.5. The van der Waals surface area contributed by atoms with Crippen LogP contribution in [0.3, 0.4) is 0 Å². The fourth-order valence-corrected chi connectivity index (χ4v) is 0.374. The first-order chi connectivity index (χ1) is 5.21. The fourth-order valence-electron chi connectivity index (χ4n) is 0.374. The molecule has 1 saturated heterocycles. The number of hydrogen-bond donors (Lipinski definition) is 0. The zero-order valence-electron chi connectivity index (χ0n) is 5.55. The molecule has 0 aromatic heterocycles. The van der Waals surface area contributed by atoms with Crippen molar-refractivity contribution in [1.29, 1.82) is 0 Å². The molecule has 0 bridgehead atoms. The molecule has 0 radical (unpaired) electrons. The molecule has 1 unspecified atom stereocenters. The number of halogens is 7. The first-order valence-electron chi connectivity index (χ1n) is 2.42. The van der Waals surface area contributed by atoms with E-state index in [1.807, 2.05) is 0 Å². The van der Waals surface area contributed by atoms with Crippen LogP contribution in [0.15, 0.2) is 0 Å². The third-order valence-electron chi connectivity index (χ3n) is 0.966. The van der Waals surface area contributed by atoms with Gasteiger partial charge in [0.05, 0.1) is 7.18 Å². The molecule has 12 heavy (non-hydrogen) atoms. The average molecular weight is 200 g/mol. The third kappa shape index (κ3) is 1.47. The molecule has 1 rings (SSSR count). The van der Waals surface area contributed by atoms with Crippen molar-refractivity contribution in [2.24, 2.45) is 0 Å². The van der Waals surface area contributed by atoms with Crippen molar-refractivity contribution < 1.29 is 35.5 Å². The summed E-state index contributed by atoms with van der Waals surface area (Å²) in [7, 11) is 0.500. The van der Waals surface area contributed by atoms with Gasteiger partial charge in [0.25, 0.3) is 0 Å². The van der Waals surface area contributed by atoms with Gasteiger partial charge in [-0.2, -0.15) is 26.3 Å². The lowest BCUT2D eigenvalue weighted by atomic mass is 10.4. The minimum absolute atomic E-state index is 0.500. The highest BCUT2D eigenvalue weighted by Gasteiger charge is 2.90. The Balaban J connectivity index is 0.000000561. The smallest absolute Gasteiger partial charge is 0.263 e. The van der Waals surface area contributed by atoms with Gasteiger partial charge in [-0.05, 0) is 0 Å². The van der Waals surface area contributed by atoms with Crippen LogP contribution in [0.2, 0.25) is 0 Å². The topological polar surface area (TPSA) is 12.5 Å². The highest BCUT2D eigenvalue weighted by Crippen LogP contribution is 2.60. The molecule has 0 N–H and O–H groups in total. The molecule has 1 heterocycles. The monoisotopic (exact) mass is 200 g/mol. The minimum Gasteiger partial charge on any atom is -0.263 e. The standard InChI is InChI=1S/C3F6O.CH3F/c4-1(2(5,6)7)3(8,9)10-1;1-2/h;1H3. The highest BCUT2D eigenvalue weighted by molar-refractivity contribution is 4.99. The first-order valence-corrected chi connectivity index (χ1v) is 2.42. The number of alkyl halides is 7. The molecule has 1 aliphatic rings. The molecule has 0 aromatic rings.